The van der Waals surface area contributed by atoms with Crippen LogP contribution in [-0.4, -0.2) is 11.5 Å². The molecule has 0 bridgehead atoms. The maximum Gasteiger partial charge on any atom is 0.399 e. The van der Waals surface area contributed by atoms with Crippen LogP contribution in [0.5, 0.6) is 11.8 Å². The Morgan fingerprint density at radius 2 is 2.18 bits per heavy atom. The van der Waals surface area contributed by atoms with E-state index in [1.807, 2.05) is 38.1 Å². The van der Waals surface area contributed by atoms with Crippen molar-refractivity contribution in [3.05, 3.63) is 41.8 Å². The molecule has 0 saturated heterocycles. The molecule has 0 spiro atoms. The standard InChI is InChI=1S/C13H16N2O2/c1-3-14-8-11-9-16-13(15-11)17-12-7-5-4-6-10(12)2/h4-7,9,14H,3,8H2,1-2H3. The van der Waals surface area contributed by atoms with Gasteiger partial charge in [0.1, 0.15) is 12.0 Å². The largest absolute Gasteiger partial charge is 0.417 e. The van der Waals surface area contributed by atoms with Gasteiger partial charge in [0.15, 0.2) is 0 Å². The highest BCUT2D eigenvalue weighted by Crippen LogP contribution is 2.23. The minimum absolute atomic E-state index is 0.284. The van der Waals surface area contributed by atoms with Crippen LogP contribution in [0.3, 0.4) is 0 Å². The van der Waals surface area contributed by atoms with Gasteiger partial charge in [0, 0.05) is 6.54 Å². The van der Waals surface area contributed by atoms with Crippen molar-refractivity contribution in [1.82, 2.24) is 10.3 Å². The number of nitrogens with one attached hydrogen (secondary N) is 1. The van der Waals surface area contributed by atoms with Gasteiger partial charge in [-0.1, -0.05) is 25.1 Å². The summed E-state index contributed by atoms with van der Waals surface area (Å²) in [4.78, 5) is 4.23. The van der Waals surface area contributed by atoms with Gasteiger partial charge >= 0.3 is 6.08 Å². The SMILES string of the molecule is CCNCc1coc(Oc2ccccc2C)n1. The first-order valence-electron chi connectivity index (χ1n) is 5.68. The molecule has 1 aromatic heterocycles. The first kappa shape index (κ1) is 11.7. The van der Waals surface area contributed by atoms with Crippen molar-refractivity contribution < 1.29 is 9.15 Å². The molecule has 0 aliphatic carbocycles. The third-order valence-electron chi connectivity index (χ3n) is 2.38. The number of nitrogens with zero attached hydrogens (tertiary/aromatic N) is 1. The number of hydrogen-bond donors (Lipinski definition) is 1. The second-order valence-electron chi connectivity index (χ2n) is 3.75. The summed E-state index contributed by atoms with van der Waals surface area (Å²) < 4.78 is 10.8. The van der Waals surface area contributed by atoms with Crippen LogP contribution < -0.4 is 10.1 Å². The second-order valence-corrected chi connectivity index (χ2v) is 3.75. The molecule has 4 heteroatoms. The highest BCUT2D eigenvalue weighted by molar-refractivity contribution is 5.33. The minimum atomic E-state index is 0.284. The third kappa shape index (κ3) is 3.07. The number of aromatic nitrogens is 1. The van der Waals surface area contributed by atoms with Crippen LogP contribution in [0, 0.1) is 6.92 Å². The van der Waals surface area contributed by atoms with Gasteiger partial charge in [0.25, 0.3) is 0 Å². The Morgan fingerprint density at radius 3 is 2.94 bits per heavy atom. The normalized spacial score (nSPS) is 10.5. The van der Waals surface area contributed by atoms with Crippen LogP contribution in [0.4, 0.5) is 0 Å². The van der Waals surface area contributed by atoms with Gasteiger partial charge < -0.3 is 14.5 Å². The van der Waals surface area contributed by atoms with Crippen molar-refractivity contribution in [2.75, 3.05) is 6.54 Å². The van der Waals surface area contributed by atoms with E-state index < -0.39 is 0 Å². The minimum Gasteiger partial charge on any atom is -0.417 e. The fourth-order valence-corrected chi connectivity index (χ4v) is 1.43. The van der Waals surface area contributed by atoms with Crippen molar-refractivity contribution >= 4 is 0 Å². The summed E-state index contributed by atoms with van der Waals surface area (Å²) in [5.41, 5.74) is 1.90. The molecule has 0 fully saturated rings. The summed E-state index contributed by atoms with van der Waals surface area (Å²) in [7, 11) is 0. The van der Waals surface area contributed by atoms with Gasteiger partial charge in [-0.3, -0.25) is 0 Å². The average Bonchev–Trinajstić information content (AvgIpc) is 2.77. The van der Waals surface area contributed by atoms with E-state index in [-0.39, 0.29) is 6.08 Å². The Balaban J connectivity index is 2.04. The first-order chi connectivity index (χ1) is 8.29. The molecule has 0 atom stereocenters. The Bertz CT molecular complexity index is 480. The molecule has 4 nitrogen and oxygen atoms in total. The van der Waals surface area contributed by atoms with Crippen LogP contribution >= 0.6 is 0 Å². The summed E-state index contributed by atoms with van der Waals surface area (Å²) >= 11 is 0. The van der Waals surface area contributed by atoms with Crippen LogP contribution in [-0.2, 0) is 6.54 Å². The summed E-state index contributed by atoms with van der Waals surface area (Å²) in [6.45, 7) is 5.63. The summed E-state index contributed by atoms with van der Waals surface area (Å²) in [5.74, 6) is 0.768. The third-order valence-corrected chi connectivity index (χ3v) is 2.38. The molecule has 1 heterocycles. The average molecular weight is 232 g/mol. The van der Waals surface area contributed by atoms with Crippen molar-refractivity contribution in [1.29, 1.82) is 0 Å². The lowest BCUT2D eigenvalue weighted by molar-refractivity contribution is 0.329. The van der Waals surface area contributed by atoms with E-state index in [1.54, 1.807) is 6.26 Å². The van der Waals surface area contributed by atoms with E-state index in [1.165, 1.54) is 0 Å². The Labute approximate surface area is 101 Å². The summed E-state index contributed by atoms with van der Waals surface area (Å²) in [6.07, 6.45) is 1.89. The van der Waals surface area contributed by atoms with E-state index in [0.717, 1.165) is 23.6 Å². The molecule has 90 valence electrons. The number of hydrogen-bond acceptors (Lipinski definition) is 4. The fourth-order valence-electron chi connectivity index (χ4n) is 1.43. The molecule has 0 aliphatic rings. The highest BCUT2D eigenvalue weighted by Gasteiger charge is 2.07. The Hall–Kier alpha value is -1.81. The van der Waals surface area contributed by atoms with E-state index in [4.69, 9.17) is 9.15 Å². The summed E-state index contributed by atoms with van der Waals surface area (Å²) in [5, 5.41) is 3.18. The highest BCUT2D eigenvalue weighted by atomic mass is 16.6. The molecular formula is C13H16N2O2. The molecule has 0 radical (unpaired) electrons. The van der Waals surface area contributed by atoms with Crippen molar-refractivity contribution in [3.63, 3.8) is 0 Å². The zero-order valence-corrected chi connectivity index (χ0v) is 10.1. The van der Waals surface area contributed by atoms with E-state index in [0.29, 0.717) is 6.54 Å². The zero-order valence-electron chi connectivity index (χ0n) is 10.1. The topological polar surface area (TPSA) is 47.3 Å². The molecule has 2 rings (SSSR count). The number of para-hydroxylation sites is 1. The monoisotopic (exact) mass is 232 g/mol. The number of ether oxygens (including phenoxy) is 1. The number of benzene rings is 1. The lowest BCUT2D eigenvalue weighted by Gasteiger charge is -2.03. The molecule has 0 amide bonds. The van der Waals surface area contributed by atoms with E-state index >= 15 is 0 Å². The number of aryl methyl sites for hydroxylation is 1. The van der Waals surface area contributed by atoms with Gasteiger partial charge in [-0.05, 0) is 25.1 Å². The lowest BCUT2D eigenvalue weighted by atomic mass is 10.2. The van der Waals surface area contributed by atoms with Crippen molar-refractivity contribution in [2.24, 2.45) is 0 Å². The smallest absolute Gasteiger partial charge is 0.399 e. The predicted octanol–water partition coefficient (Wildman–Crippen LogP) is 2.88. The predicted molar refractivity (Wildman–Crippen MR) is 65.1 cm³/mol. The number of rotatable bonds is 5. The second kappa shape index (κ2) is 5.50. The molecule has 1 N–H and O–H groups in total. The van der Waals surface area contributed by atoms with Gasteiger partial charge in [-0.25, -0.2) is 0 Å². The maximum atomic E-state index is 5.56. The van der Waals surface area contributed by atoms with Gasteiger partial charge in [-0.2, -0.15) is 4.98 Å². The van der Waals surface area contributed by atoms with Crippen molar-refractivity contribution in [2.45, 2.75) is 20.4 Å². The van der Waals surface area contributed by atoms with Crippen LogP contribution in [0.2, 0.25) is 0 Å². The quantitative estimate of drug-likeness (QED) is 0.861. The summed E-state index contributed by atoms with van der Waals surface area (Å²) in [6, 6.07) is 7.76. The molecule has 0 saturated carbocycles. The maximum absolute atomic E-state index is 5.56. The van der Waals surface area contributed by atoms with Crippen LogP contribution in [0.1, 0.15) is 18.2 Å². The first-order valence-corrected chi connectivity index (χ1v) is 5.68. The lowest BCUT2D eigenvalue weighted by Crippen LogP contribution is -2.11. The molecular weight excluding hydrogens is 216 g/mol. The molecule has 0 aliphatic heterocycles. The van der Waals surface area contributed by atoms with E-state index in [2.05, 4.69) is 10.3 Å². The van der Waals surface area contributed by atoms with Gasteiger partial charge in [-0.15, -0.1) is 0 Å². The van der Waals surface area contributed by atoms with E-state index in [9.17, 15) is 0 Å². The van der Waals surface area contributed by atoms with Crippen LogP contribution in [0.25, 0.3) is 0 Å². The van der Waals surface area contributed by atoms with Crippen molar-refractivity contribution in [3.8, 4) is 11.8 Å². The van der Waals surface area contributed by atoms with Gasteiger partial charge in [0.05, 0.1) is 5.69 Å². The van der Waals surface area contributed by atoms with Gasteiger partial charge in [0.2, 0.25) is 0 Å². The molecule has 1 aromatic carbocycles. The molecule has 17 heavy (non-hydrogen) atoms. The fraction of sp³-hybridized carbons (Fsp3) is 0.308. The van der Waals surface area contributed by atoms with Crippen LogP contribution in [0.15, 0.2) is 34.9 Å². The Kier molecular flexibility index (Phi) is 3.77. The number of oxazole rings is 1. The molecule has 2 aromatic rings. The Morgan fingerprint density at radius 1 is 1.35 bits per heavy atom. The zero-order chi connectivity index (χ0) is 12.1. The molecule has 0 unspecified atom stereocenters.